The number of rotatable bonds is 16. The maximum absolute atomic E-state index is 2.47. The molecule has 28 heavy (non-hydrogen) atoms. The normalized spacial score (nSPS) is 15.4. The summed E-state index contributed by atoms with van der Waals surface area (Å²) in [7, 11) is 0. The summed E-state index contributed by atoms with van der Waals surface area (Å²) in [5.74, 6) is 3.42. The Morgan fingerprint density at radius 2 is 1.14 bits per heavy atom. The molecule has 0 heterocycles. The van der Waals surface area contributed by atoms with Gasteiger partial charge in [0.1, 0.15) is 0 Å². The second-order valence-corrected chi connectivity index (χ2v) is 9.25. The molecule has 0 aliphatic heterocycles. The van der Waals surface area contributed by atoms with Crippen LogP contribution in [0.3, 0.4) is 0 Å². The predicted molar refractivity (Wildman–Crippen MR) is 133 cm³/mol. The van der Waals surface area contributed by atoms with Crippen LogP contribution < -0.4 is 0 Å². The van der Waals surface area contributed by atoms with Crippen molar-refractivity contribution in [2.75, 3.05) is 0 Å². The fourth-order valence-electron chi connectivity index (χ4n) is 3.89. The molecular weight excluding hydrogens is 336 g/mol. The van der Waals surface area contributed by atoms with E-state index in [1.165, 1.54) is 69.8 Å². The van der Waals surface area contributed by atoms with Gasteiger partial charge >= 0.3 is 0 Å². The molecule has 0 saturated heterocycles. The third-order valence-corrected chi connectivity index (χ3v) is 5.90. The van der Waals surface area contributed by atoms with E-state index in [0.29, 0.717) is 5.92 Å². The molecule has 0 nitrogen and oxygen atoms in total. The zero-order chi connectivity index (χ0) is 21.8. The van der Waals surface area contributed by atoms with Gasteiger partial charge in [0, 0.05) is 0 Å². The van der Waals surface area contributed by atoms with Crippen molar-refractivity contribution in [1.82, 2.24) is 0 Å². The summed E-state index contributed by atoms with van der Waals surface area (Å²) in [6.07, 6.45) is 22.2. The minimum absolute atomic E-state index is 0.713. The molecule has 0 aromatic rings. The fourth-order valence-corrected chi connectivity index (χ4v) is 3.89. The second-order valence-electron chi connectivity index (χ2n) is 9.25. The smallest absolute Gasteiger partial charge is 0.0194 e. The Balaban J connectivity index is 0. The van der Waals surface area contributed by atoms with E-state index in [1.54, 1.807) is 0 Å². The molecule has 0 saturated carbocycles. The lowest BCUT2D eigenvalue weighted by Crippen LogP contribution is -2.01. The zero-order valence-corrected chi connectivity index (χ0v) is 21.3. The van der Waals surface area contributed by atoms with Crippen molar-refractivity contribution >= 4 is 0 Å². The first-order valence-corrected chi connectivity index (χ1v) is 12.7. The minimum Gasteiger partial charge on any atom is -0.0845 e. The summed E-state index contributed by atoms with van der Waals surface area (Å²) in [6, 6.07) is 0. The van der Waals surface area contributed by atoms with Crippen molar-refractivity contribution in [1.29, 1.82) is 0 Å². The maximum atomic E-state index is 2.47. The van der Waals surface area contributed by atoms with E-state index in [0.717, 1.165) is 24.2 Å². The molecule has 0 N–H and O–H groups in total. The van der Waals surface area contributed by atoms with Gasteiger partial charge in [0.15, 0.2) is 0 Å². The lowest BCUT2D eigenvalue weighted by molar-refractivity contribution is 0.384. The molecule has 0 aromatic carbocycles. The Hall–Kier alpha value is -0.520. The Morgan fingerprint density at radius 1 is 0.679 bits per heavy atom. The van der Waals surface area contributed by atoms with Gasteiger partial charge in [-0.25, -0.2) is 0 Å². The summed E-state index contributed by atoms with van der Waals surface area (Å²) < 4.78 is 0. The molecule has 0 heteroatoms. The first-order chi connectivity index (χ1) is 13.4. The molecule has 0 spiro atoms. The zero-order valence-electron chi connectivity index (χ0n) is 21.3. The average molecular weight is 393 g/mol. The van der Waals surface area contributed by atoms with Crippen LogP contribution in [-0.2, 0) is 0 Å². The van der Waals surface area contributed by atoms with Crippen LogP contribution in [0, 0.1) is 23.7 Å². The number of allylic oxidation sites excluding steroid dienone is 4. The van der Waals surface area contributed by atoms with Crippen molar-refractivity contribution < 1.29 is 0 Å². The van der Waals surface area contributed by atoms with Gasteiger partial charge < -0.3 is 0 Å². The van der Waals surface area contributed by atoms with Gasteiger partial charge in [-0.3, -0.25) is 0 Å². The molecule has 168 valence electrons. The Bertz CT molecular complexity index is 360. The fraction of sp³-hybridized carbons (Fsp3) is 0.857. The second kappa shape index (κ2) is 21.2. The lowest BCUT2D eigenvalue weighted by Gasteiger charge is -2.16. The molecule has 3 atom stereocenters. The Labute approximate surface area is 180 Å². The van der Waals surface area contributed by atoms with E-state index in [9.17, 15) is 0 Å². The van der Waals surface area contributed by atoms with Gasteiger partial charge in [-0.15, -0.1) is 0 Å². The van der Waals surface area contributed by atoms with Gasteiger partial charge in [-0.1, -0.05) is 131 Å². The lowest BCUT2D eigenvalue weighted by atomic mass is 9.90. The largest absolute Gasteiger partial charge is 0.0845 e. The molecule has 3 unspecified atom stereocenters. The van der Waals surface area contributed by atoms with Crippen LogP contribution in [-0.4, -0.2) is 0 Å². The van der Waals surface area contributed by atoms with E-state index in [2.05, 4.69) is 66.7 Å². The van der Waals surface area contributed by atoms with E-state index in [-0.39, 0.29) is 0 Å². The molecule has 0 amide bonds. The van der Waals surface area contributed by atoms with Crippen LogP contribution in [0.2, 0.25) is 0 Å². The molecule has 0 fully saturated rings. The van der Waals surface area contributed by atoms with Gasteiger partial charge in [0.05, 0.1) is 0 Å². The van der Waals surface area contributed by atoms with Crippen LogP contribution in [0.1, 0.15) is 133 Å². The third kappa shape index (κ3) is 18.8. The van der Waals surface area contributed by atoms with Gasteiger partial charge in [-0.05, 0) is 49.0 Å². The quantitative estimate of drug-likeness (QED) is 0.181. The van der Waals surface area contributed by atoms with Crippen LogP contribution in [0.15, 0.2) is 23.8 Å². The standard InChI is InChI=1S/C26H50.C2H6/c1-8-10-21-26(9-2)25(7)20-12-11-16-23(5)18-14-19-24(6)17-13-15-22(3)4;1-2/h9-10,21-25H,8,11-20H2,1-7H3;1-2H3/b21-10-,26-9+;. The average Bonchev–Trinajstić information content (AvgIpc) is 2.67. The topological polar surface area (TPSA) is 0 Å². The van der Waals surface area contributed by atoms with Crippen molar-refractivity contribution in [3.63, 3.8) is 0 Å². The highest BCUT2D eigenvalue weighted by molar-refractivity contribution is 5.20. The highest BCUT2D eigenvalue weighted by Gasteiger charge is 2.08. The number of hydrogen-bond acceptors (Lipinski definition) is 0. The Kier molecular flexibility index (Phi) is 22.5. The van der Waals surface area contributed by atoms with E-state index >= 15 is 0 Å². The van der Waals surface area contributed by atoms with E-state index in [1.807, 2.05) is 13.8 Å². The number of unbranched alkanes of at least 4 members (excludes halogenated alkanes) is 1. The first-order valence-electron chi connectivity index (χ1n) is 12.7. The van der Waals surface area contributed by atoms with Gasteiger partial charge in [0.2, 0.25) is 0 Å². The van der Waals surface area contributed by atoms with Crippen LogP contribution in [0.4, 0.5) is 0 Å². The summed E-state index contributed by atoms with van der Waals surface area (Å²) in [6.45, 7) is 20.4. The molecule has 0 aromatic heterocycles. The van der Waals surface area contributed by atoms with Crippen molar-refractivity contribution in [3.05, 3.63) is 23.8 Å². The third-order valence-electron chi connectivity index (χ3n) is 5.90. The van der Waals surface area contributed by atoms with E-state index < -0.39 is 0 Å². The predicted octanol–water partition coefficient (Wildman–Crippen LogP) is 10.4. The monoisotopic (exact) mass is 392 g/mol. The van der Waals surface area contributed by atoms with Crippen molar-refractivity contribution in [2.24, 2.45) is 23.7 Å². The Morgan fingerprint density at radius 3 is 1.61 bits per heavy atom. The molecule has 0 aliphatic rings. The molecule has 0 radical (unpaired) electrons. The van der Waals surface area contributed by atoms with Gasteiger partial charge in [-0.2, -0.15) is 0 Å². The van der Waals surface area contributed by atoms with E-state index in [4.69, 9.17) is 0 Å². The summed E-state index contributed by atoms with van der Waals surface area (Å²) in [5.41, 5.74) is 1.52. The number of hydrogen-bond donors (Lipinski definition) is 0. The summed E-state index contributed by atoms with van der Waals surface area (Å²) in [4.78, 5) is 0. The first kappa shape index (κ1) is 29.7. The molecular formula is C28H56. The van der Waals surface area contributed by atoms with Crippen molar-refractivity contribution in [3.8, 4) is 0 Å². The van der Waals surface area contributed by atoms with Crippen LogP contribution >= 0.6 is 0 Å². The van der Waals surface area contributed by atoms with Crippen LogP contribution in [0.5, 0.6) is 0 Å². The molecule has 0 rings (SSSR count). The summed E-state index contributed by atoms with van der Waals surface area (Å²) in [5, 5.41) is 0. The molecule has 0 bridgehead atoms. The highest BCUT2D eigenvalue weighted by atomic mass is 14.1. The summed E-state index contributed by atoms with van der Waals surface area (Å²) >= 11 is 0. The highest BCUT2D eigenvalue weighted by Crippen LogP contribution is 2.23. The SMILES string of the molecule is C/C=C(\C=C/CC)C(C)CCCCC(C)CCCC(C)CCCC(C)C.CC. The maximum Gasteiger partial charge on any atom is -0.0194 e. The van der Waals surface area contributed by atoms with Crippen molar-refractivity contribution in [2.45, 2.75) is 133 Å². The molecule has 0 aliphatic carbocycles. The van der Waals surface area contributed by atoms with Gasteiger partial charge in [0.25, 0.3) is 0 Å². The van der Waals surface area contributed by atoms with Crippen LogP contribution in [0.25, 0.3) is 0 Å². The minimum atomic E-state index is 0.713.